The van der Waals surface area contributed by atoms with Gasteiger partial charge in [0.2, 0.25) is 5.76 Å². The molecular weight excluding hydrogens is 312 g/mol. The fourth-order valence-corrected chi connectivity index (χ4v) is 1.74. The molecule has 0 aliphatic rings. The van der Waals surface area contributed by atoms with Gasteiger partial charge in [0, 0.05) is 0 Å². The number of rotatable bonds is 12. The van der Waals surface area contributed by atoms with Crippen LogP contribution >= 0.6 is 0 Å². The second-order valence-corrected chi connectivity index (χ2v) is 4.69. The summed E-state index contributed by atoms with van der Waals surface area (Å²) in [5.41, 5.74) is 4.07. The minimum absolute atomic E-state index is 0.0360. The lowest BCUT2D eigenvalue weighted by molar-refractivity contribution is -0.314. The van der Waals surface area contributed by atoms with Crippen molar-refractivity contribution < 1.29 is 29.3 Å². The molecule has 1 rings (SSSR count). The van der Waals surface area contributed by atoms with Crippen LogP contribution in [0.3, 0.4) is 0 Å². The average molecular weight is 338 g/mol. The van der Waals surface area contributed by atoms with E-state index in [1.54, 1.807) is 0 Å². The number of hydrogen-bond donors (Lipinski definition) is 0. The first-order valence-electron chi connectivity index (χ1n) is 8.10. The summed E-state index contributed by atoms with van der Waals surface area (Å²) in [6, 6.07) is 9.88. The topological polar surface area (TPSA) is 55.4 Å². The molecule has 0 aliphatic heterocycles. The molecule has 134 valence electrons. The Labute approximate surface area is 143 Å². The van der Waals surface area contributed by atoms with Gasteiger partial charge in [0.1, 0.15) is 0 Å². The van der Waals surface area contributed by atoms with Crippen molar-refractivity contribution in [2.75, 3.05) is 26.4 Å². The Bertz CT molecular complexity index is 508. The van der Waals surface area contributed by atoms with E-state index in [-0.39, 0.29) is 12.5 Å². The third-order valence-electron chi connectivity index (χ3n) is 2.89. The first kappa shape index (κ1) is 20.2. The van der Waals surface area contributed by atoms with Gasteiger partial charge in [-0.05, 0) is 32.1 Å². The first-order chi connectivity index (χ1) is 11.7. The third kappa shape index (κ3) is 7.64. The fraction of sp³-hybridized carbons (Fsp3) is 0.500. The molecule has 1 atom stereocenters. The normalized spacial score (nSPS) is 11.5. The Balaban J connectivity index is 3.06. The summed E-state index contributed by atoms with van der Waals surface area (Å²) >= 11 is 0. The van der Waals surface area contributed by atoms with Crippen molar-refractivity contribution in [2.45, 2.75) is 33.6 Å². The molecule has 0 unspecified atom stereocenters. The standard InChI is InChI=1S/C18H26O6/c1-5-19-22-14-17(23-20-6-2)13-18(24-21-7-3)15(4)16-11-9-8-10-12-16/h8-12,15H,5-7,14H2,1-4H3/t13?,15-/m1/s1. The summed E-state index contributed by atoms with van der Waals surface area (Å²) < 4.78 is 0. The summed E-state index contributed by atoms with van der Waals surface area (Å²) in [6.45, 7) is 8.71. The Morgan fingerprint density at radius 3 is 2.12 bits per heavy atom. The quantitative estimate of drug-likeness (QED) is 0.188. The fourth-order valence-electron chi connectivity index (χ4n) is 1.74. The zero-order chi connectivity index (χ0) is 17.6. The van der Waals surface area contributed by atoms with E-state index in [0.29, 0.717) is 31.3 Å². The molecule has 6 nitrogen and oxygen atoms in total. The summed E-state index contributed by atoms with van der Waals surface area (Å²) in [7, 11) is 0. The molecule has 0 fully saturated rings. The average Bonchev–Trinajstić information content (AvgIpc) is 2.62. The SMILES string of the molecule is CCOOCC(=C=C(OOCC)[C@H](C)c1ccccc1)OOCC. The molecule has 0 saturated heterocycles. The molecule has 0 spiro atoms. The van der Waals surface area contributed by atoms with Crippen molar-refractivity contribution in [3.8, 4) is 0 Å². The van der Waals surface area contributed by atoms with Crippen LogP contribution in [0.4, 0.5) is 0 Å². The molecule has 0 radical (unpaired) electrons. The van der Waals surface area contributed by atoms with Gasteiger partial charge in [0.05, 0.1) is 25.7 Å². The van der Waals surface area contributed by atoms with E-state index in [4.69, 9.17) is 29.3 Å². The van der Waals surface area contributed by atoms with Gasteiger partial charge in [-0.1, -0.05) is 37.3 Å². The van der Waals surface area contributed by atoms with E-state index in [1.807, 2.05) is 58.0 Å². The van der Waals surface area contributed by atoms with Gasteiger partial charge in [-0.3, -0.25) is 0 Å². The maximum Gasteiger partial charge on any atom is 0.216 e. The summed E-state index contributed by atoms with van der Waals surface area (Å²) in [5, 5.41) is 0. The van der Waals surface area contributed by atoms with Crippen LogP contribution < -0.4 is 0 Å². The minimum atomic E-state index is -0.0925. The van der Waals surface area contributed by atoms with Crippen LogP contribution in [0.5, 0.6) is 0 Å². The van der Waals surface area contributed by atoms with Gasteiger partial charge in [-0.25, -0.2) is 9.78 Å². The van der Waals surface area contributed by atoms with Crippen LogP contribution in [-0.4, -0.2) is 26.4 Å². The maximum atomic E-state index is 5.38. The highest BCUT2D eigenvalue weighted by Crippen LogP contribution is 2.24. The van der Waals surface area contributed by atoms with Gasteiger partial charge >= 0.3 is 0 Å². The minimum Gasteiger partial charge on any atom is -0.333 e. The molecule has 0 saturated carbocycles. The number of hydrogen-bond acceptors (Lipinski definition) is 6. The maximum absolute atomic E-state index is 5.38. The highest BCUT2D eigenvalue weighted by atomic mass is 17.2. The molecular formula is C18H26O6. The lowest BCUT2D eigenvalue weighted by atomic mass is 9.99. The predicted octanol–water partition coefficient (Wildman–Crippen LogP) is 4.06. The van der Waals surface area contributed by atoms with E-state index < -0.39 is 0 Å². The highest BCUT2D eigenvalue weighted by molar-refractivity contribution is 5.25. The predicted molar refractivity (Wildman–Crippen MR) is 88.4 cm³/mol. The zero-order valence-corrected chi connectivity index (χ0v) is 14.7. The lowest BCUT2D eigenvalue weighted by Crippen LogP contribution is -2.07. The van der Waals surface area contributed by atoms with E-state index in [9.17, 15) is 0 Å². The third-order valence-corrected chi connectivity index (χ3v) is 2.89. The van der Waals surface area contributed by atoms with Crippen LogP contribution in [0.2, 0.25) is 0 Å². The van der Waals surface area contributed by atoms with Gasteiger partial charge in [0.25, 0.3) is 0 Å². The monoisotopic (exact) mass is 338 g/mol. The van der Waals surface area contributed by atoms with Gasteiger partial charge in [-0.2, -0.15) is 9.78 Å². The summed E-state index contributed by atoms with van der Waals surface area (Å²) in [5.74, 6) is 0.658. The van der Waals surface area contributed by atoms with Crippen LogP contribution in [0.1, 0.15) is 39.2 Å². The lowest BCUT2D eigenvalue weighted by Gasteiger charge is -2.14. The van der Waals surface area contributed by atoms with Gasteiger partial charge in [-0.15, -0.1) is 0 Å². The van der Waals surface area contributed by atoms with Crippen LogP contribution in [0, 0.1) is 0 Å². The molecule has 1 aromatic rings. The summed E-state index contributed by atoms with van der Waals surface area (Å²) in [6.07, 6.45) is 0. The van der Waals surface area contributed by atoms with Crippen molar-refractivity contribution in [2.24, 2.45) is 0 Å². The molecule has 24 heavy (non-hydrogen) atoms. The second kappa shape index (κ2) is 12.6. The van der Waals surface area contributed by atoms with Gasteiger partial charge in [0.15, 0.2) is 12.4 Å². The highest BCUT2D eigenvalue weighted by Gasteiger charge is 2.15. The first-order valence-corrected chi connectivity index (χ1v) is 8.10. The molecule has 0 N–H and O–H groups in total. The molecule has 0 bridgehead atoms. The van der Waals surface area contributed by atoms with E-state index in [1.165, 1.54) is 0 Å². The summed E-state index contributed by atoms with van der Waals surface area (Å²) in [4.78, 5) is 30.5. The van der Waals surface area contributed by atoms with Crippen molar-refractivity contribution in [3.63, 3.8) is 0 Å². The largest absolute Gasteiger partial charge is 0.333 e. The molecule has 0 aliphatic carbocycles. The Morgan fingerprint density at radius 2 is 1.50 bits per heavy atom. The van der Waals surface area contributed by atoms with Crippen LogP contribution in [-0.2, 0) is 29.3 Å². The number of benzene rings is 1. The van der Waals surface area contributed by atoms with E-state index in [2.05, 4.69) is 5.73 Å². The van der Waals surface area contributed by atoms with Crippen molar-refractivity contribution >= 4 is 0 Å². The molecule has 0 aromatic heterocycles. The van der Waals surface area contributed by atoms with E-state index in [0.717, 1.165) is 5.56 Å². The Kier molecular flexibility index (Phi) is 10.6. The van der Waals surface area contributed by atoms with Crippen molar-refractivity contribution in [1.29, 1.82) is 0 Å². The smallest absolute Gasteiger partial charge is 0.216 e. The van der Waals surface area contributed by atoms with E-state index >= 15 is 0 Å². The second-order valence-electron chi connectivity index (χ2n) is 4.69. The molecule has 6 heteroatoms. The molecule has 0 amide bonds. The van der Waals surface area contributed by atoms with Crippen molar-refractivity contribution in [3.05, 3.63) is 53.1 Å². The van der Waals surface area contributed by atoms with Crippen LogP contribution in [0.25, 0.3) is 0 Å². The molecule has 1 aromatic carbocycles. The zero-order valence-electron chi connectivity index (χ0n) is 14.7. The Hall–Kier alpha value is -1.82. The molecule has 0 heterocycles. The van der Waals surface area contributed by atoms with Crippen molar-refractivity contribution in [1.82, 2.24) is 0 Å². The Morgan fingerprint density at radius 1 is 0.875 bits per heavy atom. The van der Waals surface area contributed by atoms with Gasteiger partial charge < -0.3 is 9.78 Å². The van der Waals surface area contributed by atoms with Crippen LogP contribution in [0.15, 0.2) is 47.6 Å².